The minimum atomic E-state index is -3.90. The van der Waals surface area contributed by atoms with Crippen LogP contribution in [0.3, 0.4) is 0 Å². The van der Waals surface area contributed by atoms with Crippen molar-refractivity contribution >= 4 is 7.60 Å². The first kappa shape index (κ1) is 14.1. The van der Waals surface area contributed by atoms with E-state index in [0.717, 1.165) is 13.0 Å². The number of hydrogen-bond donors (Lipinski definition) is 2. The van der Waals surface area contributed by atoms with Gasteiger partial charge < -0.3 is 14.5 Å². The standard InChI is InChI=1S/C10H22NO4P/c1-9(2)11-5-3-4-10(11)8-15-6-7-16(12,13)14/h9-10H,3-8H2,1-2H3,(H2,12,13,14)/t10-/m0/s1. The van der Waals surface area contributed by atoms with Gasteiger partial charge in [-0.2, -0.15) is 0 Å². The maximum absolute atomic E-state index is 10.6. The summed E-state index contributed by atoms with van der Waals surface area (Å²) in [4.78, 5) is 19.7. The lowest BCUT2D eigenvalue weighted by Gasteiger charge is -2.28. The Morgan fingerprint density at radius 3 is 2.75 bits per heavy atom. The highest BCUT2D eigenvalue weighted by atomic mass is 31.2. The van der Waals surface area contributed by atoms with Crippen LogP contribution < -0.4 is 0 Å². The van der Waals surface area contributed by atoms with Gasteiger partial charge in [-0.25, -0.2) is 0 Å². The van der Waals surface area contributed by atoms with E-state index in [1.165, 1.54) is 6.42 Å². The SMILES string of the molecule is CC(C)N1CCC[C@H]1COCCP(=O)(O)O. The van der Waals surface area contributed by atoms with Crippen LogP contribution in [0.15, 0.2) is 0 Å². The molecule has 0 aromatic rings. The molecule has 1 rings (SSSR count). The topological polar surface area (TPSA) is 70.0 Å². The van der Waals surface area contributed by atoms with Gasteiger partial charge in [0.1, 0.15) is 0 Å². The number of likely N-dealkylation sites (tertiary alicyclic amines) is 1. The van der Waals surface area contributed by atoms with E-state index < -0.39 is 7.60 Å². The first-order valence-corrected chi connectivity index (χ1v) is 7.58. The van der Waals surface area contributed by atoms with Crippen LogP contribution in [0.2, 0.25) is 0 Å². The van der Waals surface area contributed by atoms with Crippen LogP contribution in [0.1, 0.15) is 26.7 Å². The van der Waals surface area contributed by atoms with Crippen molar-refractivity contribution in [3.8, 4) is 0 Å². The zero-order valence-electron chi connectivity index (χ0n) is 10.0. The molecule has 0 radical (unpaired) electrons. The zero-order chi connectivity index (χ0) is 12.2. The molecule has 1 aliphatic heterocycles. The molecule has 0 amide bonds. The fraction of sp³-hybridized carbons (Fsp3) is 1.00. The highest BCUT2D eigenvalue weighted by Crippen LogP contribution is 2.33. The third kappa shape index (κ3) is 4.93. The Bertz CT molecular complexity index is 253. The van der Waals surface area contributed by atoms with Crippen LogP contribution in [0.4, 0.5) is 0 Å². The lowest BCUT2D eigenvalue weighted by molar-refractivity contribution is 0.0722. The van der Waals surface area contributed by atoms with Crippen molar-refractivity contribution in [3.05, 3.63) is 0 Å². The van der Waals surface area contributed by atoms with E-state index in [1.54, 1.807) is 0 Å². The van der Waals surface area contributed by atoms with Crippen molar-refractivity contribution in [1.82, 2.24) is 4.90 Å². The smallest absolute Gasteiger partial charge is 0.327 e. The van der Waals surface area contributed by atoms with Gasteiger partial charge in [0.05, 0.1) is 19.4 Å². The number of ether oxygens (including phenoxy) is 1. The summed E-state index contributed by atoms with van der Waals surface area (Å²) >= 11 is 0. The van der Waals surface area contributed by atoms with Crippen LogP contribution >= 0.6 is 7.60 Å². The van der Waals surface area contributed by atoms with E-state index in [1.807, 2.05) is 0 Å². The summed E-state index contributed by atoms with van der Waals surface area (Å²) < 4.78 is 15.9. The van der Waals surface area contributed by atoms with Gasteiger partial charge in [-0.15, -0.1) is 0 Å². The molecule has 0 aromatic heterocycles. The van der Waals surface area contributed by atoms with E-state index >= 15 is 0 Å². The van der Waals surface area contributed by atoms with Crippen molar-refractivity contribution in [2.75, 3.05) is 25.9 Å². The molecule has 1 saturated heterocycles. The van der Waals surface area contributed by atoms with Gasteiger partial charge >= 0.3 is 7.60 Å². The molecule has 2 N–H and O–H groups in total. The molecule has 1 aliphatic rings. The average molecular weight is 251 g/mol. The van der Waals surface area contributed by atoms with Crippen LogP contribution in [0.5, 0.6) is 0 Å². The van der Waals surface area contributed by atoms with Gasteiger partial charge in [-0.05, 0) is 33.2 Å². The molecular weight excluding hydrogens is 229 g/mol. The molecule has 96 valence electrons. The summed E-state index contributed by atoms with van der Waals surface area (Å²) in [5.41, 5.74) is 0. The summed E-state index contributed by atoms with van der Waals surface area (Å²) in [5.74, 6) is 0. The Kier molecular flexibility index (Phi) is 5.41. The summed E-state index contributed by atoms with van der Waals surface area (Å²) in [6, 6.07) is 0.926. The maximum atomic E-state index is 10.6. The molecule has 5 nitrogen and oxygen atoms in total. The molecular formula is C10H22NO4P. The molecule has 16 heavy (non-hydrogen) atoms. The molecule has 0 unspecified atom stereocenters. The molecule has 0 aliphatic carbocycles. The molecule has 1 heterocycles. The Morgan fingerprint density at radius 2 is 2.19 bits per heavy atom. The van der Waals surface area contributed by atoms with Gasteiger partial charge in [-0.3, -0.25) is 9.46 Å². The van der Waals surface area contributed by atoms with E-state index in [2.05, 4.69) is 18.7 Å². The lowest BCUT2D eigenvalue weighted by atomic mass is 10.2. The largest absolute Gasteiger partial charge is 0.379 e. The molecule has 0 saturated carbocycles. The van der Waals surface area contributed by atoms with Gasteiger partial charge in [0.25, 0.3) is 0 Å². The van der Waals surface area contributed by atoms with Crippen LogP contribution in [0, 0.1) is 0 Å². The Morgan fingerprint density at radius 1 is 1.50 bits per heavy atom. The third-order valence-corrected chi connectivity index (χ3v) is 3.69. The monoisotopic (exact) mass is 251 g/mol. The van der Waals surface area contributed by atoms with Crippen LogP contribution in [-0.2, 0) is 9.30 Å². The van der Waals surface area contributed by atoms with Crippen molar-refractivity contribution in [2.45, 2.75) is 38.8 Å². The third-order valence-electron chi connectivity index (χ3n) is 2.92. The first-order valence-electron chi connectivity index (χ1n) is 5.78. The fourth-order valence-corrected chi connectivity index (χ4v) is 2.49. The summed E-state index contributed by atoms with van der Waals surface area (Å²) in [6.45, 7) is 6.15. The zero-order valence-corrected chi connectivity index (χ0v) is 10.9. The predicted molar refractivity (Wildman–Crippen MR) is 62.6 cm³/mol. The summed E-state index contributed by atoms with van der Waals surface area (Å²) in [5, 5.41) is 0. The second-order valence-electron chi connectivity index (χ2n) is 4.59. The molecule has 0 bridgehead atoms. The Hall–Kier alpha value is 0.0700. The number of nitrogens with zero attached hydrogens (tertiary/aromatic N) is 1. The van der Waals surface area contributed by atoms with Gasteiger partial charge in [0.2, 0.25) is 0 Å². The average Bonchev–Trinajstić information content (AvgIpc) is 2.58. The van der Waals surface area contributed by atoms with E-state index in [-0.39, 0.29) is 12.8 Å². The van der Waals surface area contributed by atoms with Gasteiger partial charge in [0, 0.05) is 12.1 Å². The number of rotatable bonds is 6. The molecule has 0 spiro atoms. The van der Waals surface area contributed by atoms with E-state index in [4.69, 9.17) is 14.5 Å². The maximum Gasteiger partial charge on any atom is 0.327 e. The Labute approximate surface area is 96.9 Å². The van der Waals surface area contributed by atoms with Crippen molar-refractivity contribution < 1.29 is 19.1 Å². The van der Waals surface area contributed by atoms with Gasteiger partial charge in [0.15, 0.2) is 0 Å². The summed E-state index contributed by atoms with van der Waals surface area (Å²) in [6.07, 6.45) is 2.13. The summed E-state index contributed by atoms with van der Waals surface area (Å²) in [7, 11) is -3.90. The molecule has 0 aromatic carbocycles. The molecule has 1 fully saturated rings. The minimum absolute atomic E-state index is 0.146. The minimum Gasteiger partial charge on any atom is -0.379 e. The second-order valence-corrected chi connectivity index (χ2v) is 6.37. The highest BCUT2D eigenvalue weighted by molar-refractivity contribution is 7.51. The van der Waals surface area contributed by atoms with Crippen LogP contribution in [0.25, 0.3) is 0 Å². The quantitative estimate of drug-likeness (QED) is 0.545. The van der Waals surface area contributed by atoms with E-state index in [0.29, 0.717) is 18.7 Å². The van der Waals surface area contributed by atoms with E-state index in [9.17, 15) is 4.57 Å². The van der Waals surface area contributed by atoms with Crippen LogP contribution in [-0.4, -0.2) is 52.7 Å². The lowest BCUT2D eigenvalue weighted by Crippen LogP contribution is -2.38. The molecule has 1 atom stereocenters. The molecule has 6 heteroatoms. The second kappa shape index (κ2) is 6.12. The van der Waals surface area contributed by atoms with Crippen molar-refractivity contribution in [3.63, 3.8) is 0 Å². The fourth-order valence-electron chi connectivity index (χ4n) is 2.12. The van der Waals surface area contributed by atoms with Crippen molar-refractivity contribution in [1.29, 1.82) is 0 Å². The van der Waals surface area contributed by atoms with Crippen molar-refractivity contribution in [2.24, 2.45) is 0 Å². The van der Waals surface area contributed by atoms with Gasteiger partial charge in [-0.1, -0.05) is 0 Å². The predicted octanol–water partition coefficient (Wildman–Crippen LogP) is 1.05. The normalized spacial score (nSPS) is 23.2. The first-order chi connectivity index (χ1) is 7.40. The Balaban J connectivity index is 2.20. The number of hydrogen-bond acceptors (Lipinski definition) is 3. The highest BCUT2D eigenvalue weighted by Gasteiger charge is 2.26.